The molecule has 1 N–H and O–H groups in total. The number of hydrogen-bond donors (Lipinski definition) is 1. The van der Waals surface area contributed by atoms with Crippen LogP contribution in [0.5, 0.6) is 0 Å². The molecular formula is C21H13N3O2. The third-order valence-corrected chi connectivity index (χ3v) is 3.98. The second-order valence-electron chi connectivity index (χ2n) is 5.70. The maximum Gasteiger partial charge on any atom is 0.256 e. The van der Waals surface area contributed by atoms with Crippen molar-refractivity contribution in [2.75, 3.05) is 5.32 Å². The topological polar surface area (TPSA) is 78.9 Å². The number of anilines is 1. The Kier molecular flexibility index (Phi) is 3.92. The lowest BCUT2D eigenvalue weighted by Gasteiger charge is -2.10. The van der Waals surface area contributed by atoms with Crippen LogP contribution in [0.3, 0.4) is 0 Å². The highest BCUT2D eigenvalue weighted by Crippen LogP contribution is 2.26. The number of furan rings is 1. The SMILES string of the molecule is N#Cc1cccc(NC(=O)c2cc(-c3ccco3)nc3ccccc23)c1. The minimum Gasteiger partial charge on any atom is -0.463 e. The fourth-order valence-electron chi connectivity index (χ4n) is 2.78. The number of carbonyl (C=O) groups is 1. The minimum absolute atomic E-state index is 0.272. The van der Waals surface area contributed by atoms with Gasteiger partial charge in [0, 0.05) is 11.1 Å². The standard InChI is InChI=1S/C21H13N3O2/c22-13-14-5-3-6-15(11-14)23-21(25)17-12-19(20-9-4-10-26-20)24-18-8-2-1-7-16(17)18/h1-12H,(H,23,25). The van der Waals surface area contributed by atoms with Crippen molar-refractivity contribution in [3.63, 3.8) is 0 Å². The number of nitrogens with one attached hydrogen (secondary N) is 1. The summed E-state index contributed by atoms with van der Waals surface area (Å²) >= 11 is 0. The van der Waals surface area contributed by atoms with Crippen LogP contribution in [0.25, 0.3) is 22.4 Å². The van der Waals surface area contributed by atoms with E-state index in [9.17, 15) is 4.79 Å². The van der Waals surface area contributed by atoms with Crippen LogP contribution >= 0.6 is 0 Å². The number of pyridine rings is 1. The number of rotatable bonds is 3. The first-order valence-corrected chi connectivity index (χ1v) is 8.00. The summed E-state index contributed by atoms with van der Waals surface area (Å²) in [5.74, 6) is 0.322. The molecule has 2 heterocycles. The number of fused-ring (bicyclic) bond motifs is 1. The molecule has 0 bridgehead atoms. The molecule has 5 heteroatoms. The summed E-state index contributed by atoms with van der Waals surface area (Å²) in [7, 11) is 0. The molecule has 0 unspecified atom stereocenters. The summed E-state index contributed by atoms with van der Waals surface area (Å²) in [6.45, 7) is 0. The number of nitrogens with zero attached hydrogens (tertiary/aromatic N) is 2. The van der Waals surface area contributed by atoms with Gasteiger partial charge in [-0.05, 0) is 42.5 Å². The molecule has 0 saturated heterocycles. The summed E-state index contributed by atoms with van der Waals surface area (Å²) in [5, 5.41) is 12.6. The van der Waals surface area contributed by atoms with Gasteiger partial charge in [0.15, 0.2) is 5.76 Å². The van der Waals surface area contributed by atoms with Crippen molar-refractivity contribution in [1.29, 1.82) is 5.26 Å². The summed E-state index contributed by atoms with van der Waals surface area (Å²) in [6.07, 6.45) is 1.57. The van der Waals surface area contributed by atoms with Crippen molar-refractivity contribution in [3.8, 4) is 17.5 Å². The summed E-state index contributed by atoms with van der Waals surface area (Å²) in [4.78, 5) is 17.5. The molecule has 0 saturated carbocycles. The largest absolute Gasteiger partial charge is 0.463 e. The molecule has 0 fully saturated rings. The van der Waals surface area contributed by atoms with Gasteiger partial charge in [-0.3, -0.25) is 4.79 Å². The highest BCUT2D eigenvalue weighted by molar-refractivity contribution is 6.13. The molecule has 2 aromatic carbocycles. The lowest BCUT2D eigenvalue weighted by Crippen LogP contribution is -2.13. The van der Waals surface area contributed by atoms with Crippen LogP contribution < -0.4 is 5.32 Å². The van der Waals surface area contributed by atoms with E-state index >= 15 is 0 Å². The maximum atomic E-state index is 12.9. The Morgan fingerprint density at radius 3 is 2.73 bits per heavy atom. The van der Waals surface area contributed by atoms with Gasteiger partial charge >= 0.3 is 0 Å². The normalized spacial score (nSPS) is 10.4. The molecule has 1 amide bonds. The smallest absolute Gasteiger partial charge is 0.256 e. The van der Waals surface area contributed by atoms with Crippen LogP contribution in [0.15, 0.2) is 77.4 Å². The average molecular weight is 339 g/mol. The van der Waals surface area contributed by atoms with Crippen LogP contribution in [0.2, 0.25) is 0 Å². The predicted octanol–water partition coefficient (Wildman–Crippen LogP) is 4.62. The Labute approximate surface area is 149 Å². The van der Waals surface area contributed by atoms with Crippen molar-refractivity contribution in [2.45, 2.75) is 0 Å². The molecule has 5 nitrogen and oxygen atoms in total. The van der Waals surface area contributed by atoms with Gasteiger partial charge in [-0.25, -0.2) is 4.98 Å². The van der Waals surface area contributed by atoms with Crippen LogP contribution in [0.1, 0.15) is 15.9 Å². The number of nitriles is 1. The van der Waals surface area contributed by atoms with Crippen LogP contribution in [-0.4, -0.2) is 10.9 Å². The molecule has 0 spiro atoms. The number of aromatic nitrogens is 1. The highest BCUT2D eigenvalue weighted by atomic mass is 16.3. The first kappa shape index (κ1) is 15.6. The Morgan fingerprint density at radius 2 is 1.92 bits per heavy atom. The number of amides is 1. The Hall–Kier alpha value is -3.91. The summed E-state index contributed by atoms with van der Waals surface area (Å²) in [6, 6.07) is 21.6. The van der Waals surface area contributed by atoms with E-state index in [1.165, 1.54) is 0 Å². The monoisotopic (exact) mass is 339 g/mol. The fourth-order valence-corrected chi connectivity index (χ4v) is 2.78. The van der Waals surface area contributed by atoms with E-state index in [2.05, 4.69) is 16.4 Å². The minimum atomic E-state index is -0.272. The lowest BCUT2D eigenvalue weighted by molar-refractivity contribution is 0.102. The van der Waals surface area contributed by atoms with Crippen molar-refractivity contribution < 1.29 is 9.21 Å². The van der Waals surface area contributed by atoms with Crippen LogP contribution in [-0.2, 0) is 0 Å². The third-order valence-electron chi connectivity index (χ3n) is 3.98. The van der Waals surface area contributed by atoms with Gasteiger partial charge in [-0.1, -0.05) is 24.3 Å². The van der Waals surface area contributed by atoms with E-state index < -0.39 is 0 Å². The van der Waals surface area contributed by atoms with Gasteiger partial charge < -0.3 is 9.73 Å². The van der Waals surface area contributed by atoms with E-state index in [-0.39, 0.29) is 5.91 Å². The maximum absolute atomic E-state index is 12.9. The predicted molar refractivity (Wildman–Crippen MR) is 98.6 cm³/mol. The third kappa shape index (κ3) is 2.92. The van der Waals surface area contributed by atoms with Gasteiger partial charge in [0.25, 0.3) is 5.91 Å². The Balaban J connectivity index is 1.79. The van der Waals surface area contributed by atoms with E-state index in [1.54, 1.807) is 48.7 Å². The molecule has 0 aliphatic carbocycles. The second kappa shape index (κ2) is 6.54. The van der Waals surface area contributed by atoms with E-state index in [0.29, 0.717) is 33.8 Å². The van der Waals surface area contributed by atoms with E-state index in [4.69, 9.17) is 9.68 Å². The Bertz CT molecular complexity index is 1140. The fraction of sp³-hybridized carbons (Fsp3) is 0. The van der Waals surface area contributed by atoms with E-state index in [0.717, 1.165) is 5.39 Å². The molecule has 2 aromatic heterocycles. The molecule has 26 heavy (non-hydrogen) atoms. The van der Waals surface area contributed by atoms with Gasteiger partial charge in [0.2, 0.25) is 0 Å². The lowest BCUT2D eigenvalue weighted by atomic mass is 10.1. The van der Waals surface area contributed by atoms with Crippen molar-refractivity contribution in [1.82, 2.24) is 4.98 Å². The first-order valence-electron chi connectivity index (χ1n) is 8.00. The van der Waals surface area contributed by atoms with Crippen LogP contribution in [0, 0.1) is 11.3 Å². The molecule has 124 valence electrons. The zero-order valence-corrected chi connectivity index (χ0v) is 13.6. The molecule has 4 aromatic rings. The zero-order chi connectivity index (χ0) is 17.9. The number of para-hydroxylation sites is 1. The van der Waals surface area contributed by atoms with E-state index in [1.807, 2.05) is 24.3 Å². The molecule has 4 rings (SSSR count). The number of benzene rings is 2. The Morgan fingerprint density at radius 1 is 1.04 bits per heavy atom. The molecule has 0 aliphatic heterocycles. The van der Waals surface area contributed by atoms with Gasteiger partial charge in [-0.15, -0.1) is 0 Å². The average Bonchev–Trinajstić information content (AvgIpc) is 3.22. The number of carbonyl (C=O) groups excluding carboxylic acids is 1. The number of hydrogen-bond acceptors (Lipinski definition) is 4. The summed E-state index contributed by atoms with van der Waals surface area (Å²) < 4.78 is 5.42. The summed E-state index contributed by atoms with van der Waals surface area (Å²) in [5.41, 5.74) is 2.83. The quantitative estimate of drug-likeness (QED) is 0.591. The van der Waals surface area contributed by atoms with Crippen LogP contribution in [0.4, 0.5) is 5.69 Å². The molecule has 0 atom stereocenters. The van der Waals surface area contributed by atoms with Gasteiger partial charge in [0.1, 0.15) is 5.69 Å². The van der Waals surface area contributed by atoms with Gasteiger partial charge in [-0.2, -0.15) is 5.26 Å². The second-order valence-corrected chi connectivity index (χ2v) is 5.70. The van der Waals surface area contributed by atoms with Gasteiger partial charge in [0.05, 0.1) is 29.0 Å². The van der Waals surface area contributed by atoms with Crippen molar-refractivity contribution in [2.24, 2.45) is 0 Å². The van der Waals surface area contributed by atoms with Crippen molar-refractivity contribution in [3.05, 3.63) is 84.1 Å². The highest BCUT2D eigenvalue weighted by Gasteiger charge is 2.15. The zero-order valence-electron chi connectivity index (χ0n) is 13.6. The molecular weight excluding hydrogens is 326 g/mol. The molecule has 0 radical (unpaired) electrons. The first-order chi connectivity index (χ1) is 12.7. The van der Waals surface area contributed by atoms with Crippen molar-refractivity contribution >= 4 is 22.5 Å². The molecule has 0 aliphatic rings.